The van der Waals surface area contributed by atoms with Crippen molar-refractivity contribution in [1.29, 1.82) is 0 Å². The van der Waals surface area contributed by atoms with Gasteiger partial charge in [-0.1, -0.05) is 24.3 Å². The van der Waals surface area contributed by atoms with Crippen LogP contribution in [0.25, 0.3) is 28.3 Å². The highest BCUT2D eigenvalue weighted by atomic mass is 16.5. The van der Waals surface area contributed by atoms with Crippen LogP contribution in [0.15, 0.2) is 67.1 Å². The molecule has 0 radical (unpaired) electrons. The first kappa shape index (κ1) is 19.9. The molecule has 0 fully saturated rings. The van der Waals surface area contributed by atoms with Crippen LogP contribution in [0.5, 0.6) is 5.75 Å². The van der Waals surface area contributed by atoms with Crippen LogP contribution in [-0.2, 0) is 13.1 Å². The van der Waals surface area contributed by atoms with Gasteiger partial charge in [-0.2, -0.15) is 5.10 Å². The van der Waals surface area contributed by atoms with E-state index in [1.54, 1.807) is 18.0 Å². The molecule has 5 aromatic rings. The molecule has 2 N–H and O–H groups in total. The first-order chi connectivity index (χ1) is 15.7. The summed E-state index contributed by atoms with van der Waals surface area (Å²) in [4.78, 5) is 17.3. The number of pyridine rings is 2. The molecule has 8 heteroatoms. The van der Waals surface area contributed by atoms with Crippen LogP contribution in [0.1, 0.15) is 17.1 Å². The molecule has 32 heavy (non-hydrogen) atoms. The minimum absolute atomic E-state index is 0.572. The van der Waals surface area contributed by atoms with Gasteiger partial charge in [-0.15, -0.1) is 0 Å². The van der Waals surface area contributed by atoms with Gasteiger partial charge in [0.1, 0.15) is 17.9 Å². The molecule has 1 aromatic carbocycles. The molecule has 8 nitrogen and oxygen atoms in total. The van der Waals surface area contributed by atoms with E-state index in [9.17, 15) is 0 Å². The summed E-state index contributed by atoms with van der Waals surface area (Å²) in [6.07, 6.45) is 3.48. The lowest BCUT2D eigenvalue weighted by atomic mass is 10.1. The Morgan fingerprint density at radius 1 is 1.00 bits per heavy atom. The van der Waals surface area contributed by atoms with Crippen molar-refractivity contribution in [3.63, 3.8) is 0 Å². The van der Waals surface area contributed by atoms with Gasteiger partial charge in [0.2, 0.25) is 0 Å². The van der Waals surface area contributed by atoms with Crippen molar-refractivity contribution in [2.24, 2.45) is 0 Å². The SMILES string of the molecule is COc1ccccc1CNCc1nc(-c2ccc3ncnn3c2)c(-c2cccc(C)n2)[nH]1. The van der Waals surface area contributed by atoms with E-state index in [1.807, 2.05) is 61.7 Å². The highest BCUT2D eigenvalue weighted by molar-refractivity contribution is 5.77. The van der Waals surface area contributed by atoms with Gasteiger partial charge in [0.15, 0.2) is 5.65 Å². The molecule has 0 amide bonds. The van der Waals surface area contributed by atoms with Gasteiger partial charge in [-0.05, 0) is 37.3 Å². The zero-order valence-electron chi connectivity index (χ0n) is 17.9. The van der Waals surface area contributed by atoms with Crippen molar-refractivity contribution < 1.29 is 4.74 Å². The molecule has 0 aliphatic heterocycles. The number of hydrogen-bond donors (Lipinski definition) is 2. The first-order valence-corrected chi connectivity index (χ1v) is 10.4. The Labute approximate surface area is 185 Å². The fraction of sp³-hybridized carbons (Fsp3) is 0.167. The third-order valence-corrected chi connectivity index (χ3v) is 5.25. The maximum Gasteiger partial charge on any atom is 0.155 e. The predicted octanol–water partition coefficient (Wildman–Crippen LogP) is 3.79. The number of nitrogens with one attached hydrogen (secondary N) is 2. The van der Waals surface area contributed by atoms with Gasteiger partial charge >= 0.3 is 0 Å². The van der Waals surface area contributed by atoms with E-state index in [1.165, 1.54) is 0 Å². The van der Waals surface area contributed by atoms with Gasteiger partial charge in [0.05, 0.1) is 30.7 Å². The summed E-state index contributed by atoms with van der Waals surface area (Å²) in [5, 5.41) is 7.71. The molecule has 0 bridgehead atoms. The molecule has 0 aliphatic carbocycles. The summed E-state index contributed by atoms with van der Waals surface area (Å²) in [5.41, 5.74) is 6.33. The Hall–Kier alpha value is -4.04. The number of ether oxygens (including phenoxy) is 1. The zero-order valence-corrected chi connectivity index (χ0v) is 17.9. The number of methoxy groups -OCH3 is 1. The summed E-state index contributed by atoms with van der Waals surface area (Å²) >= 11 is 0. The summed E-state index contributed by atoms with van der Waals surface area (Å²) in [5.74, 6) is 1.69. The fourth-order valence-electron chi connectivity index (χ4n) is 3.70. The molecule has 0 atom stereocenters. The van der Waals surface area contributed by atoms with E-state index < -0.39 is 0 Å². The predicted molar refractivity (Wildman–Crippen MR) is 122 cm³/mol. The van der Waals surface area contributed by atoms with Gasteiger partial charge in [-0.3, -0.25) is 4.98 Å². The standard InChI is InChI=1S/C24H23N7O/c1-16-6-5-8-19(28-16)24-23(18-10-11-22-26-15-27-31(22)14-18)29-21(30-24)13-25-12-17-7-3-4-9-20(17)32-2/h3-11,14-15,25H,12-13H2,1-2H3,(H,29,30). The number of aromatic amines is 1. The van der Waals surface area contributed by atoms with Crippen LogP contribution in [0.2, 0.25) is 0 Å². The van der Waals surface area contributed by atoms with E-state index in [4.69, 9.17) is 14.7 Å². The number of benzene rings is 1. The second-order valence-corrected chi connectivity index (χ2v) is 7.47. The second-order valence-electron chi connectivity index (χ2n) is 7.47. The Kier molecular flexibility index (Phi) is 5.35. The van der Waals surface area contributed by atoms with Crippen LogP contribution in [0, 0.1) is 6.92 Å². The average Bonchev–Trinajstić information content (AvgIpc) is 3.46. The largest absolute Gasteiger partial charge is 0.496 e. The van der Waals surface area contributed by atoms with Crippen LogP contribution in [0.3, 0.4) is 0 Å². The molecular formula is C24H23N7O. The van der Waals surface area contributed by atoms with Crippen molar-refractivity contribution in [1.82, 2.24) is 34.9 Å². The Bertz CT molecular complexity index is 1370. The Balaban J connectivity index is 1.46. The quantitative estimate of drug-likeness (QED) is 0.412. The van der Waals surface area contributed by atoms with Gasteiger partial charge in [0, 0.05) is 29.6 Å². The topological polar surface area (TPSA) is 93.0 Å². The fourth-order valence-corrected chi connectivity index (χ4v) is 3.70. The smallest absolute Gasteiger partial charge is 0.155 e. The monoisotopic (exact) mass is 425 g/mol. The number of imidazole rings is 1. The van der Waals surface area contributed by atoms with E-state index in [-0.39, 0.29) is 0 Å². The minimum atomic E-state index is 0.572. The van der Waals surface area contributed by atoms with Crippen molar-refractivity contribution in [2.45, 2.75) is 20.0 Å². The van der Waals surface area contributed by atoms with E-state index >= 15 is 0 Å². The summed E-state index contributed by atoms with van der Waals surface area (Å²) < 4.78 is 7.19. The molecule has 4 heterocycles. The van der Waals surface area contributed by atoms with Gasteiger partial charge in [-0.25, -0.2) is 14.5 Å². The van der Waals surface area contributed by atoms with Crippen LogP contribution >= 0.6 is 0 Å². The molecule has 0 spiro atoms. The maximum atomic E-state index is 5.44. The highest BCUT2D eigenvalue weighted by Crippen LogP contribution is 2.29. The number of fused-ring (bicyclic) bond motifs is 1. The number of nitrogens with zero attached hydrogens (tertiary/aromatic N) is 5. The Morgan fingerprint density at radius 2 is 1.91 bits per heavy atom. The summed E-state index contributed by atoms with van der Waals surface area (Å²) in [6, 6.07) is 17.9. The summed E-state index contributed by atoms with van der Waals surface area (Å²) in [6.45, 7) is 3.22. The van der Waals surface area contributed by atoms with E-state index in [0.717, 1.165) is 51.1 Å². The lowest BCUT2D eigenvalue weighted by molar-refractivity contribution is 0.407. The third kappa shape index (κ3) is 3.95. The minimum Gasteiger partial charge on any atom is -0.496 e. The Morgan fingerprint density at radius 3 is 2.78 bits per heavy atom. The van der Waals surface area contributed by atoms with Crippen LogP contribution in [-0.4, -0.2) is 36.7 Å². The average molecular weight is 425 g/mol. The molecule has 5 rings (SSSR count). The highest BCUT2D eigenvalue weighted by Gasteiger charge is 2.16. The maximum absolute atomic E-state index is 5.44. The first-order valence-electron chi connectivity index (χ1n) is 10.4. The molecule has 160 valence electrons. The van der Waals surface area contributed by atoms with Gasteiger partial charge < -0.3 is 15.0 Å². The molecule has 0 unspecified atom stereocenters. The molecule has 0 saturated carbocycles. The zero-order chi connectivity index (χ0) is 21.9. The number of rotatable bonds is 7. The van der Waals surface area contributed by atoms with Crippen molar-refractivity contribution in [2.75, 3.05) is 7.11 Å². The molecule has 4 aromatic heterocycles. The normalized spacial score (nSPS) is 11.2. The number of aromatic nitrogens is 6. The van der Waals surface area contributed by atoms with Crippen LogP contribution < -0.4 is 10.1 Å². The van der Waals surface area contributed by atoms with Crippen molar-refractivity contribution in [3.8, 4) is 28.4 Å². The molecule has 0 saturated heterocycles. The lowest BCUT2D eigenvalue weighted by Gasteiger charge is -2.08. The lowest BCUT2D eigenvalue weighted by Crippen LogP contribution is -2.14. The van der Waals surface area contributed by atoms with Crippen LogP contribution in [0.4, 0.5) is 0 Å². The number of hydrogen-bond acceptors (Lipinski definition) is 6. The third-order valence-electron chi connectivity index (χ3n) is 5.25. The molecular weight excluding hydrogens is 402 g/mol. The number of H-pyrrole nitrogens is 1. The van der Waals surface area contributed by atoms with Crippen molar-refractivity contribution >= 4 is 5.65 Å². The second kappa shape index (κ2) is 8.60. The van der Waals surface area contributed by atoms with E-state index in [0.29, 0.717) is 13.1 Å². The van der Waals surface area contributed by atoms with E-state index in [2.05, 4.69) is 26.4 Å². The van der Waals surface area contributed by atoms with Crippen molar-refractivity contribution in [3.05, 3.63) is 84.2 Å². The number of para-hydroxylation sites is 1. The molecule has 0 aliphatic rings. The number of aryl methyl sites for hydroxylation is 1. The van der Waals surface area contributed by atoms with Gasteiger partial charge in [0.25, 0.3) is 0 Å². The summed E-state index contributed by atoms with van der Waals surface area (Å²) in [7, 11) is 1.69.